The molecule has 4 nitrogen and oxygen atoms in total. The predicted octanol–water partition coefficient (Wildman–Crippen LogP) is 2.97. The Bertz CT molecular complexity index is 785. The van der Waals surface area contributed by atoms with Gasteiger partial charge >= 0.3 is 10.2 Å². The van der Waals surface area contributed by atoms with Gasteiger partial charge in [0.1, 0.15) is 0 Å². The van der Waals surface area contributed by atoms with Gasteiger partial charge in [-0.3, -0.25) is 4.79 Å². The standard InChI is InChI=1S/C19H20FNO3S/c20-25(23,24)14-15-11-19(22)21(12-15)13-18(16-7-3-1-4-8-16)17-9-5-2-6-10-17/h1-10,15,18H,11-14H2. The van der Waals surface area contributed by atoms with Gasteiger partial charge in [0.2, 0.25) is 5.91 Å². The number of rotatable bonds is 6. The van der Waals surface area contributed by atoms with E-state index in [4.69, 9.17) is 0 Å². The van der Waals surface area contributed by atoms with Crippen molar-refractivity contribution in [3.05, 3.63) is 71.8 Å². The summed E-state index contributed by atoms with van der Waals surface area (Å²) in [6, 6.07) is 19.8. The second kappa shape index (κ2) is 7.35. The van der Waals surface area contributed by atoms with E-state index in [2.05, 4.69) is 0 Å². The Labute approximate surface area is 147 Å². The Morgan fingerprint density at radius 2 is 1.52 bits per heavy atom. The summed E-state index contributed by atoms with van der Waals surface area (Å²) < 4.78 is 34.7. The summed E-state index contributed by atoms with van der Waals surface area (Å²) in [5.74, 6) is -1.19. The lowest BCUT2D eigenvalue weighted by Crippen LogP contribution is -2.31. The SMILES string of the molecule is O=C1CC(CS(=O)(=O)F)CN1CC(c1ccccc1)c1ccccc1. The van der Waals surface area contributed by atoms with E-state index < -0.39 is 21.9 Å². The van der Waals surface area contributed by atoms with Crippen LogP contribution in [0, 0.1) is 5.92 Å². The van der Waals surface area contributed by atoms with Crippen molar-refractivity contribution in [3.63, 3.8) is 0 Å². The third-order valence-corrected chi connectivity index (χ3v) is 5.41. The Hall–Kier alpha value is -2.21. The summed E-state index contributed by atoms with van der Waals surface area (Å²) in [5, 5.41) is 0. The summed E-state index contributed by atoms with van der Waals surface area (Å²) >= 11 is 0. The molecule has 2 aromatic rings. The smallest absolute Gasteiger partial charge is 0.302 e. The average molecular weight is 361 g/mol. The monoisotopic (exact) mass is 361 g/mol. The highest BCUT2D eigenvalue weighted by molar-refractivity contribution is 7.86. The van der Waals surface area contributed by atoms with E-state index in [1.807, 2.05) is 60.7 Å². The third kappa shape index (κ3) is 4.66. The quantitative estimate of drug-likeness (QED) is 0.744. The second-order valence-electron chi connectivity index (χ2n) is 6.45. The van der Waals surface area contributed by atoms with Crippen LogP contribution in [0.25, 0.3) is 0 Å². The fraction of sp³-hybridized carbons (Fsp3) is 0.316. The largest absolute Gasteiger partial charge is 0.341 e. The lowest BCUT2D eigenvalue weighted by atomic mass is 9.91. The van der Waals surface area contributed by atoms with Crippen LogP contribution < -0.4 is 0 Å². The third-order valence-electron chi connectivity index (χ3n) is 4.54. The van der Waals surface area contributed by atoms with Crippen molar-refractivity contribution in [1.82, 2.24) is 4.90 Å². The van der Waals surface area contributed by atoms with Crippen molar-refractivity contribution in [2.45, 2.75) is 12.3 Å². The highest BCUT2D eigenvalue weighted by atomic mass is 32.3. The molecule has 1 aliphatic rings. The number of nitrogens with zero attached hydrogens (tertiary/aromatic N) is 1. The summed E-state index contributed by atoms with van der Waals surface area (Å²) in [7, 11) is -4.57. The number of likely N-dealkylation sites (tertiary alicyclic amines) is 1. The molecule has 1 atom stereocenters. The molecule has 0 spiro atoms. The zero-order valence-corrected chi connectivity index (χ0v) is 14.5. The van der Waals surface area contributed by atoms with Crippen LogP contribution >= 0.6 is 0 Å². The molecule has 2 aromatic carbocycles. The van der Waals surface area contributed by atoms with Crippen LogP contribution in [0.15, 0.2) is 60.7 Å². The molecule has 1 saturated heterocycles. The van der Waals surface area contributed by atoms with Crippen LogP contribution in [0.3, 0.4) is 0 Å². The number of hydrogen-bond donors (Lipinski definition) is 0. The van der Waals surface area contributed by atoms with Gasteiger partial charge in [0.15, 0.2) is 0 Å². The van der Waals surface area contributed by atoms with Gasteiger partial charge < -0.3 is 4.90 Å². The number of carbonyl (C=O) groups is 1. The molecule has 0 radical (unpaired) electrons. The molecule has 3 rings (SSSR count). The second-order valence-corrected chi connectivity index (χ2v) is 7.86. The first kappa shape index (κ1) is 17.6. The fourth-order valence-electron chi connectivity index (χ4n) is 3.42. The van der Waals surface area contributed by atoms with Gasteiger partial charge in [-0.2, -0.15) is 8.42 Å². The first-order valence-electron chi connectivity index (χ1n) is 8.22. The van der Waals surface area contributed by atoms with E-state index in [0.29, 0.717) is 6.54 Å². The Morgan fingerprint density at radius 1 is 1.00 bits per heavy atom. The van der Waals surface area contributed by atoms with E-state index in [1.54, 1.807) is 4.90 Å². The van der Waals surface area contributed by atoms with Gasteiger partial charge in [-0.25, -0.2) is 0 Å². The van der Waals surface area contributed by atoms with Crippen LogP contribution in [-0.4, -0.2) is 38.1 Å². The molecule has 0 aromatic heterocycles. The van der Waals surface area contributed by atoms with Crippen LogP contribution in [-0.2, 0) is 15.0 Å². The van der Waals surface area contributed by atoms with Gasteiger partial charge in [-0.05, 0) is 11.1 Å². The summed E-state index contributed by atoms with van der Waals surface area (Å²) in [5.41, 5.74) is 2.17. The molecule has 0 saturated carbocycles. The van der Waals surface area contributed by atoms with E-state index in [0.717, 1.165) is 11.1 Å². The lowest BCUT2D eigenvalue weighted by Gasteiger charge is -2.25. The fourth-order valence-corrected chi connectivity index (χ4v) is 4.20. The van der Waals surface area contributed by atoms with Gasteiger partial charge in [0.05, 0.1) is 5.75 Å². The summed E-state index contributed by atoms with van der Waals surface area (Å²) in [6.45, 7) is 0.730. The minimum absolute atomic E-state index is 0.00733. The maximum atomic E-state index is 12.9. The first-order valence-corrected chi connectivity index (χ1v) is 9.77. The molecular weight excluding hydrogens is 341 g/mol. The van der Waals surface area contributed by atoms with E-state index in [9.17, 15) is 17.1 Å². The minimum atomic E-state index is -4.57. The van der Waals surface area contributed by atoms with E-state index in [1.165, 1.54) is 0 Å². The maximum absolute atomic E-state index is 12.9. The molecule has 1 unspecified atom stereocenters. The van der Waals surface area contributed by atoms with Crippen LogP contribution in [0.4, 0.5) is 3.89 Å². The molecule has 1 heterocycles. The highest BCUT2D eigenvalue weighted by Gasteiger charge is 2.34. The van der Waals surface area contributed by atoms with Crippen LogP contribution in [0.2, 0.25) is 0 Å². The molecule has 0 N–H and O–H groups in total. The number of benzene rings is 2. The summed E-state index contributed by atoms with van der Waals surface area (Å²) in [6.07, 6.45) is 0.0828. The normalized spacial score (nSPS) is 18.1. The average Bonchev–Trinajstić information content (AvgIpc) is 2.91. The number of carbonyl (C=O) groups excluding carboxylic acids is 1. The van der Waals surface area contributed by atoms with Crippen molar-refractivity contribution in [2.75, 3.05) is 18.8 Å². The number of halogens is 1. The van der Waals surface area contributed by atoms with Crippen LogP contribution in [0.5, 0.6) is 0 Å². The summed E-state index contributed by atoms with van der Waals surface area (Å²) in [4.78, 5) is 13.9. The van der Waals surface area contributed by atoms with Crippen molar-refractivity contribution in [2.24, 2.45) is 5.92 Å². The van der Waals surface area contributed by atoms with Gasteiger partial charge in [0, 0.05) is 31.3 Å². The van der Waals surface area contributed by atoms with Crippen molar-refractivity contribution < 1.29 is 17.1 Å². The van der Waals surface area contributed by atoms with Crippen molar-refractivity contribution in [3.8, 4) is 0 Å². The molecular formula is C19H20FNO3S. The molecule has 132 valence electrons. The highest BCUT2D eigenvalue weighted by Crippen LogP contribution is 2.29. The van der Waals surface area contributed by atoms with Crippen molar-refractivity contribution >= 4 is 16.1 Å². The van der Waals surface area contributed by atoms with Crippen molar-refractivity contribution in [1.29, 1.82) is 0 Å². The Balaban J connectivity index is 1.80. The molecule has 1 aliphatic heterocycles. The Kier molecular flexibility index (Phi) is 5.18. The zero-order valence-electron chi connectivity index (χ0n) is 13.7. The van der Waals surface area contributed by atoms with Gasteiger partial charge in [-0.1, -0.05) is 60.7 Å². The van der Waals surface area contributed by atoms with Gasteiger partial charge in [-0.15, -0.1) is 3.89 Å². The molecule has 25 heavy (non-hydrogen) atoms. The lowest BCUT2D eigenvalue weighted by molar-refractivity contribution is -0.127. The Morgan fingerprint density at radius 3 is 2.00 bits per heavy atom. The van der Waals surface area contributed by atoms with Crippen LogP contribution in [0.1, 0.15) is 23.5 Å². The van der Waals surface area contributed by atoms with Gasteiger partial charge in [0.25, 0.3) is 0 Å². The molecule has 0 bridgehead atoms. The number of hydrogen-bond acceptors (Lipinski definition) is 3. The molecule has 1 amide bonds. The zero-order chi connectivity index (χ0) is 17.9. The maximum Gasteiger partial charge on any atom is 0.302 e. The minimum Gasteiger partial charge on any atom is -0.341 e. The first-order chi connectivity index (χ1) is 11.9. The molecule has 1 fully saturated rings. The topological polar surface area (TPSA) is 54.5 Å². The van der Waals surface area contributed by atoms with E-state index >= 15 is 0 Å². The predicted molar refractivity (Wildman–Crippen MR) is 94.3 cm³/mol. The van der Waals surface area contributed by atoms with E-state index in [-0.39, 0.29) is 24.8 Å². The molecule has 0 aliphatic carbocycles. The number of amides is 1. The molecule has 6 heteroatoms.